The fourth-order valence-corrected chi connectivity index (χ4v) is 2.91. The number of aromatic amines is 1. The average molecular weight is 313 g/mol. The molecule has 2 aromatic rings. The second kappa shape index (κ2) is 7.17. The second-order valence-electron chi connectivity index (χ2n) is 5.98. The van der Waals surface area contributed by atoms with E-state index in [4.69, 9.17) is 0 Å². The number of carbonyl (C=O) groups is 1. The summed E-state index contributed by atoms with van der Waals surface area (Å²) in [6.45, 7) is 2.48. The lowest BCUT2D eigenvalue weighted by Gasteiger charge is -2.34. The molecule has 6 nitrogen and oxygen atoms in total. The zero-order chi connectivity index (χ0) is 16.1. The summed E-state index contributed by atoms with van der Waals surface area (Å²) >= 11 is 0. The number of hydrogen-bond acceptors (Lipinski definition) is 3. The predicted molar refractivity (Wildman–Crippen MR) is 90.3 cm³/mol. The van der Waals surface area contributed by atoms with Crippen molar-refractivity contribution in [2.45, 2.75) is 25.4 Å². The van der Waals surface area contributed by atoms with Crippen LogP contribution in [0.15, 0.2) is 42.6 Å². The zero-order valence-electron chi connectivity index (χ0n) is 13.4. The topological polar surface area (TPSA) is 64.3 Å². The summed E-state index contributed by atoms with van der Waals surface area (Å²) in [4.78, 5) is 16.3. The predicted octanol–water partition coefficient (Wildman–Crippen LogP) is 2.22. The fraction of sp³-hybridized carbons (Fsp3) is 0.412. The number of H-pyrrole nitrogens is 1. The molecule has 1 aromatic carbocycles. The fourth-order valence-electron chi connectivity index (χ4n) is 2.91. The molecule has 6 heteroatoms. The van der Waals surface area contributed by atoms with Crippen LogP contribution < -0.4 is 10.2 Å². The van der Waals surface area contributed by atoms with Crippen LogP contribution >= 0.6 is 0 Å². The van der Waals surface area contributed by atoms with E-state index in [2.05, 4.69) is 44.7 Å². The van der Waals surface area contributed by atoms with Crippen molar-refractivity contribution in [1.82, 2.24) is 20.4 Å². The molecule has 2 N–H and O–H groups in total. The number of hydrogen-bond donors (Lipinski definition) is 2. The molecule has 1 aromatic heterocycles. The minimum Gasteiger partial charge on any atom is -0.371 e. The van der Waals surface area contributed by atoms with E-state index < -0.39 is 0 Å². The van der Waals surface area contributed by atoms with Gasteiger partial charge in [0.05, 0.1) is 12.2 Å². The molecule has 0 unspecified atom stereocenters. The van der Waals surface area contributed by atoms with Crippen LogP contribution in [0.2, 0.25) is 0 Å². The smallest absolute Gasteiger partial charge is 0.317 e. The Labute approximate surface area is 136 Å². The van der Waals surface area contributed by atoms with E-state index in [0.717, 1.165) is 31.6 Å². The van der Waals surface area contributed by atoms with Crippen molar-refractivity contribution in [3.05, 3.63) is 48.3 Å². The summed E-state index contributed by atoms with van der Waals surface area (Å²) in [6, 6.07) is 12.5. The van der Waals surface area contributed by atoms with Crippen molar-refractivity contribution in [1.29, 1.82) is 0 Å². The van der Waals surface area contributed by atoms with Gasteiger partial charge in [0.15, 0.2) is 0 Å². The monoisotopic (exact) mass is 313 g/mol. The Bertz CT molecular complexity index is 605. The van der Waals surface area contributed by atoms with Crippen LogP contribution in [0.5, 0.6) is 0 Å². The molecule has 2 amide bonds. The maximum Gasteiger partial charge on any atom is 0.317 e. The molecule has 0 atom stereocenters. The first kappa shape index (κ1) is 15.4. The lowest BCUT2D eigenvalue weighted by molar-refractivity contribution is 0.199. The third-order valence-corrected chi connectivity index (χ3v) is 4.26. The van der Waals surface area contributed by atoms with E-state index >= 15 is 0 Å². The first-order valence-corrected chi connectivity index (χ1v) is 8.02. The summed E-state index contributed by atoms with van der Waals surface area (Å²) in [5, 5.41) is 9.90. The van der Waals surface area contributed by atoms with Crippen molar-refractivity contribution in [3.8, 4) is 0 Å². The normalized spacial score (nSPS) is 15.4. The van der Waals surface area contributed by atoms with Crippen LogP contribution in [0.3, 0.4) is 0 Å². The number of rotatable bonds is 4. The van der Waals surface area contributed by atoms with E-state index in [9.17, 15) is 4.79 Å². The van der Waals surface area contributed by atoms with Gasteiger partial charge < -0.3 is 15.1 Å². The Morgan fingerprint density at radius 3 is 2.70 bits per heavy atom. The van der Waals surface area contributed by atoms with Gasteiger partial charge in [0.2, 0.25) is 0 Å². The Morgan fingerprint density at radius 2 is 2.04 bits per heavy atom. The lowest BCUT2D eigenvalue weighted by atomic mass is 10.0. The molecule has 3 rings (SSSR count). The van der Waals surface area contributed by atoms with Crippen molar-refractivity contribution in [2.75, 3.05) is 25.0 Å². The third-order valence-electron chi connectivity index (χ3n) is 4.26. The highest BCUT2D eigenvalue weighted by molar-refractivity contribution is 5.74. The lowest BCUT2D eigenvalue weighted by Crippen LogP contribution is -2.48. The number of anilines is 1. The number of urea groups is 1. The molecule has 0 aliphatic carbocycles. The number of aromatic nitrogens is 2. The highest BCUT2D eigenvalue weighted by Gasteiger charge is 2.22. The number of carbonyl (C=O) groups excluding carboxylic acids is 1. The second-order valence-corrected chi connectivity index (χ2v) is 5.98. The van der Waals surface area contributed by atoms with Crippen LogP contribution in [0.4, 0.5) is 10.5 Å². The van der Waals surface area contributed by atoms with Gasteiger partial charge in [-0.2, -0.15) is 5.10 Å². The first-order chi connectivity index (χ1) is 11.2. The number of nitrogens with one attached hydrogen (secondary N) is 2. The molecule has 1 aliphatic rings. The summed E-state index contributed by atoms with van der Waals surface area (Å²) in [5.74, 6) is 0. The molecule has 0 spiro atoms. The van der Waals surface area contributed by atoms with Gasteiger partial charge in [0.25, 0.3) is 0 Å². The van der Waals surface area contributed by atoms with E-state index in [-0.39, 0.29) is 12.1 Å². The standard InChI is InChI=1S/C17H23N5O/c1-21(13-15-7-10-18-20-15)17(23)19-14-8-11-22(12-9-14)16-5-3-2-4-6-16/h2-7,10,14H,8-9,11-13H2,1H3,(H,18,20)(H,19,23). The molecule has 122 valence electrons. The van der Waals surface area contributed by atoms with Crippen molar-refractivity contribution >= 4 is 11.7 Å². The SMILES string of the molecule is CN(Cc1ccn[nH]1)C(=O)NC1CCN(c2ccccc2)CC1. The maximum absolute atomic E-state index is 12.3. The van der Waals surface area contributed by atoms with E-state index in [1.54, 1.807) is 18.1 Å². The van der Waals surface area contributed by atoms with Crippen LogP contribution in [0.1, 0.15) is 18.5 Å². The van der Waals surface area contributed by atoms with E-state index in [1.807, 2.05) is 12.1 Å². The van der Waals surface area contributed by atoms with E-state index in [0.29, 0.717) is 6.54 Å². The Hall–Kier alpha value is -2.50. The molecular weight excluding hydrogens is 290 g/mol. The molecule has 1 fully saturated rings. The van der Waals surface area contributed by atoms with Crippen LogP contribution in [0.25, 0.3) is 0 Å². The molecule has 2 heterocycles. The van der Waals surface area contributed by atoms with Crippen molar-refractivity contribution in [3.63, 3.8) is 0 Å². The molecule has 1 saturated heterocycles. The van der Waals surface area contributed by atoms with Gasteiger partial charge in [-0.1, -0.05) is 18.2 Å². The summed E-state index contributed by atoms with van der Waals surface area (Å²) in [6.07, 6.45) is 3.64. The Balaban J connectivity index is 1.46. The van der Waals surface area contributed by atoms with Gasteiger partial charge in [0, 0.05) is 38.1 Å². The summed E-state index contributed by atoms with van der Waals surface area (Å²) in [7, 11) is 1.80. The molecular formula is C17H23N5O. The molecule has 0 bridgehead atoms. The van der Waals surface area contributed by atoms with Gasteiger partial charge in [-0.3, -0.25) is 5.10 Å². The quantitative estimate of drug-likeness (QED) is 0.910. The number of nitrogens with zero attached hydrogens (tertiary/aromatic N) is 3. The summed E-state index contributed by atoms with van der Waals surface area (Å²) in [5.41, 5.74) is 2.19. The highest BCUT2D eigenvalue weighted by atomic mass is 16.2. The number of benzene rings is 1. The minimum absolute atomic E-state index is 0.0299. The van der Waals surface area contributed by atoms with Gasteiger partial charge in [-0.25, -0.2) is 4.79 Å². The molecule has 23 heavy (non-hydrogen) atoms. The maximum atomic E-state index is 12.3. The minimum atomic E-state index is -0.0299. The van der Waals surface area contributed by atoms with E-state index in [1.165, 1.54) is 5.69 Å². The number of piperidine rings is 1. The van der Waals surface area contributed by atoms with Gasteiger partial charge in [-0.05, 0) is 31.0 Å². The largest absolute Gasteiger partial charge is 0.371 e. The number of amides is 2. The Morgan fingerprint density at radius 1 is 1.30 bits per heavy atom. The molecule has 0 saturated carbocycles. The number of para-hydroxylation sites is 1. The first-order valence-electron chi connectivity index (χ1n) is 8.02. The van der Waals surface area contributed by atoms with Gasteiger partial charge >= 0.3 is 6.03 Å². The molecule has 1 aliphatic heterocycles. The van der Waals surface area contributed by atoms with Crippen LogP contribution in [-0.2, 0) is 6.54 Å². The average Bonchev–Trinajstić information content (AvgIpc) is 3.09. The Kier molecular flexibility index (Phi) is 4.80. The van der Waals surface area contributed by atoms with Crippen molar-refractivity contribution in [2.24, 2.45) is 0 Å². The van der Waals surface area contributed by atoms with Crippen LogP contribution in [0, 0.1) is 0 Å². The van der Waals surface area contributed by atoms with Crippen molar-refractivity contribution < 1.29 is 4.79 Å². The zero-order valence-corrected chi connectivity index (χ0v) is 13.4. The highest BCUT2D eigenvalue weighted by Crippen LogP contribution is 2.19. The molecule has 0 radical (unpaired) electrons. The summed E-state index contributed by atoms with van der Waals surface area (Å²) < 4.78 is 0. The van der Waals surface area contributed by atoms with Gasteiger partial charge in [0.1, 0.15) is 0 Å². The third kappa shape index (κ3) is 4.03. The van der Waals surface area contributed by atoms with Gasteiger partial charge in [-0.15, -0.1) is 0 Å². The van der Waals surface area contributed by atoms with Crippen LogP contribution in [-0.4, -0.2) is 47.3 Å².